The van der Waals surface area contributed by atoms with Crippen molar-refractivity contribution in [3.8, 4) is 5.75 Å². The number of halogens is 3. The molecule has 1 aromatic carbocycles. The summed E-state index contributed by atoms with van der Waals surface area (Å²) in [4.78, 5) is 23.7. The first kappa shape index (κ1) is 30.7. The highest BCUT2D eigenvalue weighted by molar-refractivity contribution is 5.92. The quantitative estimate of drug-likeness (QED) is 0.451. The van der Waals surface area contributed by atoms with Gasteiger partial charge < -0.3 is 29.2 Å². The van der Waals surface area contributed by atoms with E-state index in [1.54, 1.807) is 25.3 Å². The molecular weight excluding hydrogens is 553 g/mol. The number of nitrogens with zero attached hydrogens (tertiary/aromatic N) is 3. The first-order chi connectivity index (χ1) is 20.3. The predicted molar refractivity (Wildman–Crippen MR) is 147 cm³/mol. The maximum absolute atomic E-state index is 13.2. The molecule has 3 aliphatic heterocycles. The molecule has 1 N–H and O–H groups in total. The first-order valence-corrected chi connectivity index (χ1v) is 14.8. The van der Waals surface area contributed by atoms with Crippen molar-refractivity contribution in [3.63, 3.8) is 0 Å². The number of ether oxygens (including phenoxy) is 4. The van der Waals surface area contributed by atoms with Crippen molar-refractivity contribution >= 4 is 5.91 Å². The van der Waals surface area contributed by atoms with Gasteiger partial charge in [0.2, 0.25) is 0 Å². The van der Waals surface area contributed by atoms with E-state index < -0.39 is 6.36 Å². The molecule has 5 rings (SSSR count). The number of piperidine rings is 1. The molecule has 0 saturated carbocycles. The van der Waals surface area contributed by atoms with E-state index in [0.29, 0.717) is 37.9 Å². The molecule has 230 valence electrons. The summed E-state index contributed by atoms with van der Waals surface area (Å²) in [5, 5.41) is 3.71. The third-order valence-corrected chi connectivity index (χ3v) is 8.34. The number of rotatable bonds is 9. The summed E-state index contributed by atoms with van der Waals surface area (Å²) < 4.78 is 58.7. The number of hydrogen-bond acceptors (Lipinski definition) is 8. The van der Waals surface area contributed by atoms with Gasteiger partial charge in [-0.05, 0) is 75.1 Å². The fourth-order valence-electron chi connectivity index (χ4n) is 6.05. The van der Waals surface area contributed by atoms with Gasteiger partial charge in [0.25, 0.3) is 5.91 Å². The summed E-state index contributed by atoms with van der Waals surface area (Å²) in [6, 6.07) is 8.25. The molecule has 0 bridgehead atoms. The number of alkyl halides is 3. The maximum atomic E-state index is 13.2. The zero-order chi connectivity index (χ0) is 29.5. The van der Waals surface area contributed by atoms with Crippen molar-refractivity contribution in [1.82, 2.24) is 20.2 Å². The van der Waals surface area contributed by atoms with E-state index in [9.17, 15) is 18.0 Å². The minimum atomic E-state index is -4.72. The van der Waals surface area contributed by atoms with Crippen LogP contribution in [0.4, 0.5) is 13.2 Å². The number of carbonyl (C=O) groups excluding carboxylic acids is 1. The Morgan fingerprint density at radius 2 is 1.88 bits per heavy atom. The number of aryl methyl sites for hydroxylation is 1. The molecule has 0 spiro atoms. The highest BCUT2D eigenvalue weighted by atomic mass is 19.4. The van der Waals surface area contributed by atoms with Gasteiger partial charge in [-0.2, -0.15) is 0 Å². The van der Waals surface area contributed by atoms with E-state index in [1.165, 1.54) is 18.5 Å². The Balaban J connectivity index is 1.09. The van der Waals surface area contributed by atoms with Crippen molar-refractivity contribution in [2.45, 2.75) is 88.1 Å². The van der Waals surface area contributed by atoms with Crippen molar-refractivity contribution in [2.24, 2.45) is 0 Å². The molecule has 0 radical (unpaired) electrons. The molecule has 4 heterocycles. The molecule has 1 aromatic heterocycles. The van der Waals surface area contributed by atoms with Crippen molar-refractivity contribution in [3.05, 3.63) is 53.6 Å². The van der Waals surface area contributed by atoms with Crippen LogP contribution in [0.1, 0.15) is 72.8 Å². The van der Waals surface area contributed by atoms with Crippen LogP contribution in [0.3, 0.4) is 0 Å². The summed E-state index contributed by atoms with van der Waals surface area (Å²) >= 11 is 0. The Kier molecular flexibility index (Phi) is 10.3. The lowest BCUT2D eigenvalue weighted by Crippen LogP contribution is -2.54. The maximum Gasteiger partial charge on any atom is 0.573 e. The average Bonchev–Trinajstić information content (AvgIpc) is 3.00. The Morgan fingerprint density at radius 1 is 1.10 bits per heavy atom. The highest BCUT2D eigenvalue weighted by Crippen LogP contribution is 2.34. The largest absolute Gasteiger partial charge is 0.573 e. The van der Waals surface area contributed by atoms with Crippen LogP contribution in [0.15, 0.2) is 36.7 Å². The Labute approximate surface area is 244 Å². The van der Waals surface area contributed by atoms with Gasteiger partial charge >= 0.3 is 6.36 Å². The number of carbonyl (C=O) groups is 1. The summed E-state index contributed by atoms with van der Waals surface area (Å²) in [6.45, 7) is 2.66. The Hall–Kier alpha value is -2.80. The third-order valence-electron chi connectivity index (χ3n) is 8.34. The fourth-order valence-corrected chi connectivity index (χ4v) is 6.05. The summed E-state index contributed by atoms with van der Waals surface area (Å²) in [7, 11) is 1.72. The number of methoxy groups -OCH3 is 1. The number of amides is 1. The lowest BCUT2D eigenvalue weighted by molar-refractivity contribution is -0.274. The monoisotopic (exact) mass is 592 g/mol. The second kappa shape index (κ2) is 14.1. The van der Waals surface area contributed by atoms with Crippen LogP contribution in [0, 0.1) is 0 Å². The first-order valence-electron chi connectivity index (χ1n) is 14.8. The molecule has 3 fully saturated rings. The molecule has 12 heteroatoms. The van der Waals surface area contributed by atoms with E-state index in [2.05, 4.69) is 20.0 Å². The van der Waals surface area contributed by atoms with Gasteiger partial charge in [-0.3, -0.25) is 4.79 Å². The second-order valence-corrected chi connectivity index (χ2v) is 11.2. The van der Waals surface area contributed by atoms with Gasteiger partial charge in [0.1, 0.15) is 17.8 Å². The minimum Gasteiger partial charge on any atom is -0.406 e. The van der Waals surface area contributed by atoms with Crippen molar-refractivity contribution in [2.75, 3.05) is 33.4 Å². The molecule has 3 saturated heterocycles. The van der Waals surface area contributed by atoms with E-state index in [-0.39, 0.29) is 36.0 Å². The third kappa shape index (κ3) is 8.40. The zero-order valence-electron chi connectivity index (χ0n) is 23.9. The number of aromatic nitrogens is 2. The lowest BCUT2D eigenvalue weighted by Gasteiger charge is -2.38. The summed E-state index contributed by atoms with van der Waals surface area (Å²) in [6.07, 6.45) is 3.26. The molecule has 2 aromatic rings. The predicted octanol–water partition coefficient (Wildman–Crippen LogP) is 4.62. The lowest BCUT2D eigenvalue weighted by atomic mass is 9.96. The SMILES string of the molecule is CO[C@@H]1COCC[C@@H]1NC1CCN(C(=O)c2cc(CC[C@H]3CCC[C@@H](c4ccc(OC(F)(F)F)cc4)O3)ncn2)CC1. The van der Waals surface area contributed by atoms with Gasteiger partial charge in [0, 0.05) is 44.6 Å². The number of benzene rings is 1. The molecule has 3 aliphatic rings. The van der Waals surface area contributed by atoms with Crippen LogP contribution in [0.5, 0.6) is 5.75 Å². The molecule has 9 nitrogen and oxygen atoms in total. The molecule has 0 aliphatic carbocycles. The van der Waals surface area contributed by atoms with Gasteiger partial charge in [-0.15, -0.1) is 13.2 Å². The minimum absolute atomic E-state index is 0.0103. The molecule has 42 heavy (non-hydrogen) atoms. The van der Waals surface area contributed by atoms with Crippen LogP contribution >= 0.6 is 0 Å². The number of likely N-dealkylation sites (tertiary alicyclic amines) is 1. The standard InChI is InChI=1S/C30H39F3N4O5/c1-39-28-18-40-16-13-25(28)36-21-11-14-37(15-12-21)29(38)26-17-22(34-19-35-26)7-10-23-3-2-4-27(41-23)20-5-8-24(9-6-20)42-30(31,32)33/h5-6,8-9,17,19,21,23,25,27-28,36H,2-4,7,10-16,18H2,1H3/t23-,25+,27+,28-/m1/s1. The van der Waals surface area contributed by atoms with Crippen LogP contribution in [-0.2, 0) is 20.6 Å². The van der Waals surface area contributed by atoms with Crippen LogP contribution in [0.2, 0.25) is 0 Å². The normalized spacial score (nSPS) is 25.8. The Bertz CT molecular complexity index is 1160. The fraction of sp³-hybridized carbons (Fsp3) is 0.633. The van der Waals surface area contributed by atoms with E-state index in [4.69, 9.17) is 14.2 Å². The smallest absolute Gasteiger partial charge is 0.406 e. The molecule has 1 amide bonds. The van der Waals surface area contributed by atoms with Crippen molar-refractivity contribution < 1.29 is 36.9 Å². The average molecular weight is 593 g/mol. The topological polar surface area (TPSA) is 95.0 Å². The summed E-state index contributed by atoms with van der Waals surface area (Å²) in [5.74, 6) is -0.325. The van der Waals surface area contributed by atoms with E-state index in [0.717, 1.165) is 62.8 Å². The Morgan fingerprint density at radius 3 is 2.62 bits per heavy atom. The molecule has 0 unspecified atom stereocenters. The molecule has 4 atom stereocenters. The number of hydrogen-bond donors (Lipinski definition) is 1. The highest BCUT2D eigenvalue weighted by Gasteiger charge is 2.32. The van der Waals surface area contributed by atoms with Gasteiger partial charge in [-0.1, -0.05) is 12.1 Å². The van der Waals surface area contributed by atoms with Gasteiger partial charge in [0.15, 0.2) is 0 Å². The number of nitrogens with one attached hydrogen (secondary N) is 1. The van der Waals surface area contributed by atoms with Crippen LogP contribution in [0.25, 0.3) is 0 Å². The zero-order valence-corrected chi connectivity index (χ0v) is 23.9. The summed E-state index contributed by atoms with van der Waals surface area (Å²) in [5.41, 5.74) is 2.02. The van der Waals surface area contributed by atoms with Gasteiger partial charge in [0.05, 0.1) is 24.9 Å². The molecular formula is C30H39F3N4O5. The van der Waals surface area contributed by atoms with E-state index in [1.807, 2.05) is 4.90 Å². The van der Waals surface area contributed by atoms with E-state index >= 15 is 0 Å². The second-order valence-electron chi connectivity index (χ2n) is 11.2. The van der Waals surface area contributed by atoms with Crippen molar-refractivity contribution in [1.29, 1.82) is 0 Å². The van der Waals surface area contributed by atoms with Gasteiger partial charge in [-0.25, -0.2) is 9.97 Å². The van der Waals surface area contributed by atoms with Crippen LogP contribution < -0.4 is 10.1 Å². The van der Waals surface area contributed by atoms with Crippen LogP contribution in [-0.4, -0.2) is 84.8 Å².